The third kappa shape index (κ3) is 3.44. The van der Waals surface area contributed by atoms with Crippen LogP contribution in [0.2, 0.25) is 0 Å². The predicted molar refractivity (Wildman–Crippen MR) is 63.7 cm³/mol. The molecule has 3 atom stereocenters. The highest BCUT2D eigenvalue weighted by atomic mass is 16.3. The minimum Gasteiger partial charge on any atom is -0.395 e. The molecule has 1 rings (SSSR count). The van der Waals surface area contributed by atoms with E-state index >= 15 is 0 Å². The summed E-state index contributed by atoms with van der Waals surface area (Å²) in [4.78, 5) is 2.38. The van der Waals surface area contributed by atoms with Gasteiger partial charge in [0.05, 0.1) is 6.61 Å². The lowest BCUT2D eigenvalue weighted by Crippen LogP contribution is -2.51. The molecule has 0 aliphatic carbocycles. The third-order valence-electron chi connectivity index (χ3n) is 3.46. The quantitative estimate of drug-likeness (QED) is 0.723. The molecular weight excluding hydrogens is 188 g/mol. The van der Waals surface area contributed by atoms with Gasteiger partial charge in [0.1, 0.15) is 0 Å². The fraction of sp³-hybridized carbons (Fsp3) is 1.00. The molecular formula is C12H26N2O. The van der Waals surface area contributed by atoms with Crippen LogP contribution in [0.4, 0.5) is 0 Å². The molecule has 0 spiro atoms. The lowest BCUT2D eigenvalue weighted by Gasteiger charge is -2.34. The summed E-state index contributed by atoms with van der Waals surface area (Å²) in [6.07, 6.45) is 3.48. The first-order valence-corrected chi connectivity index (χ1v) is 6.18. The summed E-state index contributed by atoms with van der Waals surface area (Å²) < 4.78 is 0. The van der Waals surface area contributed by atoms with Gasteiger partial charge >= 0.3 is 0 Å². The molecule has 0 radical (unpaired) electrons. The fourth-order valence-corrected chi connectivity index (χ4v) is 2.64. The molecule has 0 amide bonds. The van der Waals surface area contributed by atoms with Gasteiger partial charge in [-0.15, -0.1) is 0 Å². The van der Waals surface area contributed by atoms with Crippen molar-refractivity contribution in [1.82, 2.24) is 4.90 Å². The first kappa shape index (κ1) is 12.9. The standard InChI is InChI=1S/C12H26N2O/c1-9(2)7-11(13)12(8-15)14-6-4-5-10(14)3/h9-12,15H,4-8,13H2,1-3H3. The molecule has 0 bridgehead atoms. The Morgan fingerprint density at radius 2 is 2.13 bits per heavy atom. The summed E-state index contributed by atoms with van der Waals surface area (Å²) in [5.41, 5.74) is 6.17. The second-order valence-electron chi connectivity index (χ2n) is 5.27. The van der Waals surface area contributed by atoms with Gasteiger partial charge in [-0.1, -0.05) is 13.8 Å². The highest BCUT2D eigenvalue weighted by molar-refractivity contribution is 4.88. The number of hydrogen-bond donors (Lipinski definition) is 2. The van der Waals surface area contributed by atoms with Crippen LogP contribution in [0.5, 0.6) is 0 Å². The highest BCUT2D eigenvalue weighted by Crippen LogP contribution is 2.22. The van der Waals surface area contributed by atoms with Crippen molar-refractivity contribution in [2.45, 2.75) is 58.2 Å². The molecule has 15 heavy (non-hydrogen) atoms. The van der Waals surface area contributed by atoms with E-state index in [1.165, 1.54) is 12.8 Å². The van der Waals surface area contributed by atoms with Gasteiger partial charge < -0.3 is 10.8 Å². The maximum absolute atomic E-state index is 9.47. The summed E-state index contributed by atoms with van der Waals surface area (Å²) in [6.45, 7) is 7.89. The average molecular weight is 214 g/mol. The van der Waals surface area contributed by atoms with Crippen molar-refractivity contribution in [3.63, 3.8) is 0 Å². The first-order valence-electron chi connectivity index (χ1n) is 6.18. The maximum Gasteiger partial charge on any atom is 0.0602 e. The van der Waals surface area contributed by atoms with Crippen molar-refractivity contribution >= 4 is 0 Å². The van der Waals surface area contributed by atoms with E-state index in [-0.39, 0.29) is 18.7 Å². The van der Waals surface area contributed by atoms with Crippen molar-refractivity contribution in [2.24, 2.45) is 11.7 Å². The molecule has 1 aliphatic heterocycles. The number of likely N-dealkylation sites (tertiary alicyclic amines) is 1. The molecule has 1 aliphatic rings. The van der Waals surface area contributed by atoms with Crippen LogP contribution in [0.1, 0.15) is 40.0 Å². The van der Waals surface area contributed by atoms with Crippen LogP contribution in [0.3, 0.4) is 0 Å². The molecule has 0 saturated carbocycles. The van der Waals surface area contributed by atoms with Gasteiger partial charge in [-0.25, -0.2) is 0 Å². The van der Waals surface area contributed by atoms with E-state index in [0.29, 0.717) is 12.0 Å². The summed E-state index contributed by atoms with van der Waals surface area (Å²) in [7, 11) is 0. The molecule has 1 saturated heterocycles. The zero-order valence-corrected chi connectivity index (χ0v) is 10.3. The van der Waals surface area contributed by atoms with Gasteiger partial charge in [0, 0.05) is 18.1 Å². The van der Waals surface area contributed by atoms with Gasteiger partial charge in [-0.2, -0.15) is 0 Å². The Kier molecular flexibility index (Phi) is 5.03. The molecule has 3 N–H and O–H groups in total. The lowest BCUT2D eigenvalue weighted by molar-refractivity contribution is 0.0932. The Balaban J connectivity index is 2.53. The van der Waals surface area contributed by atoms with Crippen LogP contribution in [-0.4, -0.2) is 41.3 Å². The molecule has 1 heterocycles. The molecule has 0 aromatic heterocycles. The van der Waals surface area contributed by atoms with Crippen LogP contribution in [0, 0.1) is 5.92 Å². The van der Waals surface area contributed by atoms with Crippen LogP contribution in [0.25, 0.3) is 0 Å². The van der Waals surface area contributed by atoms with E-state index in [4.69, 9.17) is 5.73 Å². The molecule has 0 aromatic carbocycles. The topological polar surface area (TPSA) is 49.5 Å². The number of aliphatic hydroxyl groups excluding tert-OH is 1. The summed E-state index contributed by atoms with van der Waals surface area (Å²) in [6, 6.07) is 0.848. The van der Waals surface area contributed by atoms with Gasteiger partial charge in [0.15, 0.2) is 0 Å². The van der Waals surface area contributed by atoms with E-state index in [2.05, 4.69) is 25.7 Å². The van der Waals surface area contributed by atoms with Crippen molar-refractivity contribution in [3.05, 3.63) is 0 Å². The highest BCUT2D eigenvalue weighted by Gasteiger charge is 2.31. The lowest BCUT2D eigenvalue weighted by atomic mass is 9.97. The van der Waals surface area contributed by atoms with E-state index in [9.17, 15) is 5.11 Å². The maximum atomic E-state index is 9.47. The van der Waals surface area contributed by atoms with Gasteiger partial charge in [-0.3, -0.25) is 4.90 Å². The van der Waals surface area contributed by atoms with Crippen LogP contribution in [0.15, 0.2) is 0 Å². The van der Waals surface area contributed by atoms with E-state index in [1.54, 1.807) is 0 Å². The number of nitrogens with two attached hydrogens (primary N) is 1. The van der Waals surface area contributed by atoms with Gasteiger partial charge in [0.2, 0.25) is 0 Å². The Morgan fingerprint density at radius 1 is 1.47 bits per heavy atom. The minimum absolute atomic E-state index is 0.107. The molecule has 1 fully saturated rings. The van der Waals surface area contributed by atoms with Crippen molar-refractivity contribution in [1.29, 1.82) is 0 Å². The third-order valence-corrected chi connectivity index (χ3v) is 3.46. The number of nitrogens with zero attached hydrogens (tertiary/aromatic N) is 1. The Labute approximate surface area is 93.6 Å². The molecule has 0 aromatic rings. The Morgan fingerprint density at radius 3 is 2.53 bits per heavy atom. The SMILES string of the molecule is CC(C)CC(N)C(CO)N1CCCC1C. The zero-order chi connectivity index (χ0) is 11.4. The Hall–Kier alpha value is -0.120. The van der Waals surface area contributed by atoms with E-state index in [0.717, 1.165) is 13.0 Å². The second-order valence-corrected chi connectivity index (χ2v) is 5.27. The number of aliphatic hydroxyl groups is 1. The number of rotatable bonds is 5. The second kappa shape index (κ2) is 5.83. The molecule has 90 valence electrons. The fourth-order valence-electron chi connectivity index (χ4n) is 2.64. The van der Waals surface area contributed by atoms with Crippen molar-refractivity contribution in [2.75, 3.05) is 13.2 Å². The monoisotopic (exact) mass is 214 g/mol. The largest absolute Gasteiger partial charge is 0.395 e. The summed E-state index contributed by atoms with van der Waals surface area (Å²) in [5, 5.41) is 9.47. The zero-order valence-electron chi connectivity index (χ0n) is 10.3. The smallest absolute Gasteiger partial charge is 0.0602 e. The van der Waals surface area contributed by atoms with Crippen LogP contribution < -0.4 is 5.73 Å². The molecule has 3 heteroatoms. The van der Waals surface area contributed by atoms with Crippen molar-refractivity contribution < 1.29 is 5.11 Å². The van der Waals surface area contributed by atoms with E-state index < -0.39 is 0 Å². The minimum atomic E-state index is 0.107. The summed E-state index contributed by atoms with van der Waals surface area (Å²) in [5.74, 6) is 0.604. The van der Waals surface area contributed by atoms with Crippen LogP contribution >= 0.6 is 0 Å². The van der Waals surface area contributed by atoms with Gasteiger partial charge in [-0.05, 0) is 38.6 Å². The van der Waals surface area contributed by atoms with Crippen molar-refractivity contribution in [3.8, 4) is 0 Å². The normalized spacial score (nSPS) is 27.2. The molecule has 3 unspecified atom stereocenters. The summed E-state index contributed by atoms with van der Waals surface area (Å²) >= 11 is 0. The van der Waals surface area contributed by atoms with E-state index in [1.807, 2.05) is 0 Å². The predicted octanol–water partition coefficient (Wildman–Crippen LogP) is 1.21. The molecule has 3 nitrogen and oxygen atoms in total. The number of hydrogen-bond acceptors (Lipinski definition) is 3. The van der Waals surface area contributed by atoms with Crippen LogP contribution in [-0.2, 0) is 0 Å². The Bertz CT molecular complexity index is 184. The first-order chi connectivity index (χ1) is 7.06. The average Bonchev–Trinajstić information content (AvgIpc) is 2.52. The van der Waals surface area contributed by atoms with Gasteiger partial charge in [0.25, 0.3) is 0 Å².